The topological polar surface area (TPSA) is 110 Å². The van der Waals surface area contributed by atoms with Crippen molar-refractivity contribution < 1.29 is 18.1 Å². The molecule has 1 aliphatic rings. The van der Waals surface area contributed by atoms with E-state index in [4.69, 9.17) is 0 Å². The Kier molecular flexibility index (Phi) is 5.99. The molecule has 0 bridgehead atoms. The summed E-state index contributed by atoms with van der Waals surface area (Å²) < 4.78 is 27.1. The molecule has 1 aliphatic heterocycles. The van der Waals surface area contributed by atoms with Crippen LogP contribution in [-0.2, 0) is 10.0 Å². The molecule has 1 amide bonds. The predicted octanol–water partition coefficient (Wildman–Crippen LogP) is 3.58. The molecule has 1 fully saturated rings. The minimum atomic E-state index is -3.57. The standard InChI is InChI=1S/C20H23N3O5S/c1-14-5-4-12-22(13-14)29(27,28)17-10-8-16(9-11-17)21-20(24)18-6-3-7-19(15(18)2)23(25)26/h3,6-11,14H,4-5,12-13H2,1-2H3,(H,21,24). The molecule has 1 heterocycles. The summed E-state index contributed by atoms with van der Waals surface area (Å²) in [6, 6.07) is 10.3. The molecule has 3 rings (SSSR count). The van der Waals surface area contributed by atoms with Crippen LogP contribution < -0.4 is 5.32 Å². The maximum Gasteiger partial charge on any atom is 0.273 e. The van der Waals surface area contributed by atoms with Gasteiger partial charge in [-0.2, -0.15) is 4.31 Å². The SMILES string of the molecule is Cc1c(C(=O)Nc2ccc(S(=O)(=O)N3CCCC(C)C3)cc2)cccc1[N+](=O)[O-]. The maximum atomic E-state index is 12.8. The number of sulfonamides is 1. The van der Waals surface area contributed by atoms with Gasteiger partial charge in [0.15, 0.2) is 0 Å². The van der Waals surface area contributed by atoms with E-state index in [1.54, 1.807) is 0 Å². The summed E-state index contributed by atoms with van der Waals surface area (Å²) in [5.74, 6) is -0.165. The molecule has 1 unspecified atom stereocenters. The number of piperidine rings is 1. The monoisotopic (exact) mass is 417 g/mol. The molecule has 154 valence electrons. The highest BCUT2D eigenvalue weighted by molar-refractivity contribution is 7.89. The average molecular weight is 417 g/mol. The molecule has 0 aliphatic carbocycles. The summed E-state index contributed by atoms with van der Waals surface area (Å²) in [5, 5.41) is 13.7. The number of nitro groups is 1. The number of nitrogens with zero attached hydrogens (tertiary/aromatic N) is 2. The lowest BCUT2D eigenvalue weighted by Crippen LogP contribution is -2.39. The molecular formula is C20H23N3O5S. The van der Waals surface area contributed by atoms with Crippen LogP contribution in [0.4, 0.5) is 11.4 Å². The van der Waals surface area contributed by atoms with Crippen LogP contribution in [0, 0.1) is 23.0 Å². The molecule has 2 aromatic rings. The minimum Gasteiger partial charge on any atom is -0.322 e. The molecule has 1 saturated heterocycles. The predicted molar refractivity (Wildman–Crippen MR) is 109 cm³/mol. The minimum absolute atomic E-state index is 0.130. The Bertz CT molecular complexity index is 1030. The van der Waals surface area contributed by atoms with Crippen LogP contribution in [-0.4, -0.2) is 36.6 Å². The molecule has 1 atom stereocenters. The summed E-state index contributed by atoms with van der Waals surface area (Å²) >= 11 is 0. The largest absolute Gasteiger partial charge is 0.322 e. The van der Waals surface area contributed by atoms with Crippen LogP contribution >= 0.6 is 0 Å². The van der Waals surface area contributed by atoms with Crippen molar-refractivity contribution in [2.75, 3.05) is 18.4 Å². The Morgan fingerprint density at radius 3 is 2.52 bits per heavy atom. The van der Waals surface area contributed by atoms with Crippen molar-refractivity contribution in [3.63, 3.8) is 0 Å². The van der Waals surface area contributed by atoms with Crippen molar-refractivity contribution in [2.24, 2.45) is 5.92 Å². The van der Waals surface area contributed by atoms with Crippen molar-refractivity contribution in [1.82, 2.24) is 4.31 Å². The number of benzene rings is 2. The fraction of sp³-hybridized carbons (Fsp3) is 0.350. The Labute approximate surface area is 169 Å². The number of hydrogen-bond donors (Lipinski definition) is 1. The van der Waals surface area contributed by atoms with E-state index in [9.17, 15) is 23.3 Å². The molecular weight excluding hydrogens is 394 g/mol. The van der Waals surface area contributed by atoms with Gasteiger partial charge in [-0.25, -0.2) is 8.42 Å². The number of hydrogen-bond acceptors (Lipinski definition) is 5. The smallest absolute Gasteiger partial charge is 0.273 e. The number of carbonyl (C=O) groups excluding carboxylic acids is 1. The van der Waals surface area contributed by atoms with Crippen LogP contribution in [0.1, 0.15) is 35.7 Å². The fourth-order valence-electron chi connectivity index (χ4n) is 3.49. The van der Waals surface area contributed by atoms with E-state index in [1.165, 1.54) is 53.7 Å². The van der Waals surface area contributed by atoms with Gasteiger partial charge >= 0.3 is 0 Å². The maximum absolute atomic E-state index is 12.8. The number of nitro benzene ring substituents is 1. The van der Waals surface area contributed by atoms with E-state index in [0.29, 0.717) is 24.7 Å². The van der Waals surface area contributed by atoms with Crippen molar-refractivity contribution in [3.8, 4) is 0 Å². The van der Waals surface area contributed by atoms with Crippen molar-refractivity contribution in [3.05, 3.63) is 63.7 Å². The van der Waals surface area contributed by atoms with Crippen molar-refractivity contribution >= 4 is 27.3 Å². The zero-order valence-corrected chi connectivity index (χ0v) is 17.1. The van der Waals surface area contributed by atoms with Crippen molar-refractivity contribution in [1.29, 1.82) is 0 Å². The van der Waals surface area contributed by atoms with Gasteiger partial charge in [-0.3, -0.25) is 14.9 Å². The van der Waals surface area contributed by atoms with E-state index in [2.05, 4.69) is 5.32 Å². The van der Waals surface area contributed by atoms with Gasteiger partial charge in [0.05, 0.1) is 9.82 Å². The van der Waals surface area contributed by atoms with E-state index < -0.39 is 20.9 Å². The highest BCUT2D eigenvalue weighted by Crippen LogP contribution is 2.25. The molecule has 0 saturated carbocycles. The third-order valence-electron chi connectivity index (χ3n) is 5.12. The number of amides is 1. The van der Waals surface area contributed by atoms with Gasteiger partial charge in [-0.1, -0.05) is 13.0 Å². The Hall–Kier alpha value is -2.78. The average Bonchev–Trinajstić information content (AvgIpc) is 2.68. The molecule has 0 spiro atoms. The van der Waals surface area contributed by atoms with Gasteiger partial charge in [0, 0.05) is 36.0 Å². The van der Waals surface area contributed by atoms with Crippen LogP contribution in [0.3, 0.4) is 0 Å². The van der Waals surface area contributed by atoms with E-state index in [0.717, 1.165) is 12.8 Å². The first-order valence-electron chi connectivity index (χ1n) is 9.35. The van der Waals surface area contributed by atoms with Gasteiger partial charge in [-0.15, -0.1) is 0 Å². The third kappa shape index (κ3) is 4.46. The lowest BCUT2D eigenvalue weighted by Gasteiger charge is -2.30. The van der Waals surface area contributed by atoms with Crippen LogP contribution in [0.2, 0.25) is 0 Å². The molecule has 8 nitrogen and oxygen atoms in total. The fourth-order valence-corrected chi connectivity index (χ4v) is 5.09. The number of carbonyl (C=O) groups is 1. The van der Waals surface area contributed by atoms with Crippen LogP contribution in [0.25, 0.3) is 0 Å². The van der Waals surface area contributed by atoms with Gasteiger partial charge in [0.1, 0.15) is 0 Å². The second kappa shape index (κ2) is 8.30. The summed E-state index contributed by atoms with van der Waals surface area (Å²) in [6.07, 6.45) is 1.87. The highest BCUT2D eigenvalue weighted by Gasteiger charge is 2.28. The van der Waals surface area contributed by atoms with Gasteiger partial charge < -0.3 is 5.32 Å². The van der Waals surface area contributed by atoms with Crippen LogP contribution in [0.15, 0.2) is 47.4 Å². The molecule has 0 aromatic heterocycles. The van der Waals surface area contributed by atoms with E-state index in [-0.39, 0.29) is 21.7 Å². The van der Waals surface area contributed by atoms with Gasteiger partial charge in [0.25, 0.3) is 11.6 Å². The van der Waals surface area contributed by atoms with Crippen molar-refractivity contribution in [2.45, 2.75) is 31.6 Å². The lowest BCUT2D eigenvalue weighted by molar-refractivity contribution is -0.385. The Morgan fingerprint density at radius 1 is 1.21 bits per heavy atom. The molecule has 9 heteroatoms. The Morgan fingerprint density at radius 2 is 1.90 bits per heavy atom. The number of anilines is 1. The summed E-state index contributed by atoms with van der Waals surface area (Å²) in [6.45, 7) is 4.57. The first-order valence-corrected chi connectivity index (χ1v) is 10.8. The summed E-state index contributed by atoms with van der Waals surface area (Å²) in [5.41, 5.74) is 0.744. The second-order valence-corrected chi connectivity index (χ2v) is 9.23. The molecule has 0 radical (unpaired) electrons. The first kappa shape index (κ1) is 20.9. The first-order chi connectivity index (χ1) is 13.7. The normalized spacial score (nSPS) is 17.7. The number of rotatable bonds is 5. The lowest BCUT2D eigenvalue weighted by atomic mass is 10.0. The van der Waals surface area contributed by atoms with Gasteiger partial charge in [0.2, 0.25) is 10.0 Å². The zero-order valence-electron chi connectivity index (χ0n) is 16.3. The Balaban J connectivity index is 1.77. The second-order valence-electron chi connectivity index (χ2n) is 7.30. The molecule has 29 heavy (non-hydrogen) atoms. The van der Waals surface area contributed by atoms with E-state index >= 15 is 0 Å². The van der Waals surface area contributed by atoms with Gasteiger partial charge in [-0.05, 0) is 56.0 Å². The number of nitrogens with one attached hydrogen (secondary N) is 1. The highest BCUT2D eigenvalue weighted by atomic mass is 32.2. The quantitative estimate of drug-likeness (QED) is 0.591. The molecule has 1 N–H and O–H groups in total. The van der Waals surface area contributed by atoms with E-state index in [1.807, 2.05) is 6.92 Å². The zero-order chi connectivity index (χ0) is 21.2. The summed E-state index contributed by atoms with van der Waals surface area (Å²) in [7, 11) is -3.57. The molecule has 2 aromatic carbocycles. The van der Waals surface area contributed by atoms with Crippen LogP contribution in [0.5, 0.6) is 0 Å². The summed E-state index contributed by atoms with van der Waals surface area (Å²) in [4.78, 5) is 23.2. The third-order valence-corrected chi connectivity index (χ3v) is 7.00.